The lowest BCUT2D eigenvalue weighted by Gasteiger charge is -2.38. The molecule has 1 N–H and O–H groups in total. The van der Waals surface area contributed by atoms with E-state index in [9.17, 15) is 5.11 Å². The van der Waals surface area contributed by atoms with Gasteiger partial charge in [-0.15, -0.1) is 0 Å². The van der Waals surface area contributed by atoms with Crippen molar-refractivity contribution in [3.05, 3.63) is 18.0 Å². The van der Waals surface area contributed by atoms with Crippen molar-refractivity contribution in [2.24, 2.45) is 0 Å². The molecule has 0 spiro atoms. The Kier molecular flexibility index (Phi) is 5.36. The van der Waals surface area contributed by atoms with Crippen LogP contribution in [0.15, 0.2) is 12.4 Å². The van der Waals surface area contributed by atoms with Gasteiger partial charge in [-0.2, -0.15) is 5.10 Å². The van der Waals surface area contributed by atoms with Gasteiger partial charge in [-0.25, -0.2) is 0 Å². The van der Waals surface area contributed by atoms with Gasteiger partial charge in [0.05, 0.1) is 12.8 Å². The zero-order valence-corrected chi connectivity index (χ0v) is 12.1. The van der Waals surface area contributed by atoms with Gasteiger partial charge < -0.3 is 5.11 Å². The van der Waals surface area contributed by atoms with Gasteiger partial charge in [0, 0.05) is 57.1 Å². The summed E-state index contributed by atoms with van der Waals surface area (Å²) in [6, 6.07) is 0.338. The van der Waals surface area contributed by atoms with E-state index in [1.807, 2.05) is 10.9 Å². The van der Waals surface area contributed by atoms with Crippen molar-refractivity contribution >= 4 is 0 Å². The number of piperazine rings is 1. The van der Waals surface area contributed by atoms with Crippen LogP contribution in [0.25, 0.3) is 0 Å². The van der Waals surface area contributed by atoms with Crippen LogP contribution in [-0.4, -0.2) is 63.5 Å². The first kappa shape index (κ1) is 14.5. The lowest BCUT2D eigenvalue weighted by atomic mass is 10.1. The molecule has 1 unspecified atom stereocenters. The summed E-state index contributed by atoms with van der Waals surface area (Å²) in [7, 11) is 0. The van der Waals surface area contributed by atoms with Crippen molar-refractivity contribution in [2.75, 3.05) is 32.8 Å². The molecule has 0 radical (unpaired) electrons. The molecule has 0 amide bonds. The Morgan fingerprint density at radius 2 is 2.00 bits per heavy atom. The molecule has 1 aromatic rings. The van der Waals surface area contributed by atoms with Gasteiger partial charge in [0.2, 0.25) is 0 Å². The standard InChI is InChI=1S/C14H26N4O/c1-3-14(12-19)17-7-5-16(6-8-17)10-13-9-15-18(4-2)11-13/h9,11,14,19H,3-8,10,12H2,1-2H3. The summed E-state index contributed by atoms with van der Waals surface area (Å²) >= 11 is 0. The summed E-state index contributed by atoms with van der Waals surface area (Å²) in [5, 5.41) is 13.7. The molecule has 5 nitrogen and oxygen atoms in total. The molecule has 0 saturated carbocycles. The fraction of sp³-hybridized carbons (Fsp3) is 0.786. The topological polar surface area (TPSA) is 44.5 Å². The SMILES string of the molecule is CCC(CO)N1CCN(Cc2cnn(CC)c2)CC1. The fourth-order valence-corrected chi connectivity index (χ4v) is 2.71. The van der Waals surface area contributed by atoms with Gasteiger partial charge >= 0.3 is 0 Å². The van der Waals surface area contributed by atoms with Crippen molar-refractivity contribution in [1.82, 2.24) is 19.6 Å². The maximum atomic E-state index is 9.34. The van der Waals surface area contributed by atoms with E-state index in [0.717, 1.165) is 45.7 Å². The molecule has 1 fully saturated rings. The van der Waals surface area contributed by atoms with Crippen molar-refractivity contribution < 1.29 is 5.11 Å². The average molecular weight is 266 g/mol. The van der Waals surface area contributed by atoms with Crippen LogP contribution in [0.3, 0.4) is 0 Å². The molecule has 2 rings (SSSR count). The molecule has 1 aliphatic heterocycles. The number of nitrogens with zero attached hydrogens (tertiary/aromatic N) is 4. The highest BCUT2D eigenvalue weighted by Gasteiger charge is 2.22. The Labute approximate surface area is 115 Å². The predicted octanol–water partition coefficient (Wildman–Crippen LogP) is 0.791. The van der Waals surface area contributed by atoms with E-state index in [0.29, 0.717) is 6.04 Å². The Morgan fingerprint density at radius 1 is 1.26 bits per heavy atom. The molecule has 5 heteroatoms. The first-order valence-corrected chi connectivity index (χ1v) is 7.35. The molecule has 0 bridgehead atoms. The van der Waals surface area contributed by atoms with E-state index in [1.165, 1.54) is 5.56 Å². The summed E-state index contributed by atoms with van der Waals surface area (Å²) in [5.41, 5.74) is 1.30. The Morgan fingerprint density at radius 3 is 2.53 bits per heavy atom. The van der Waals surface area contributed by atoms with Gasteiger partial charge in [-0.05, 0) is 13.3 Å². The number of hydrogen-bond acceptors (Lipinski definition) is 4. The molecular formula is C14H26N4O. The molecule has 1 saturated heterocycles. The first-order chi connectivity index (χ1) is 9.26. The molecular weight excluding hydrogens is 240 g/mol. The van der Waals surface area contributed by atoms with Crippen LogP contribution >= 0.6 is 0 Å². The van der Waals surface area contributed by atoms with Crippen LogP contribution in [0.5, 0.6) is 0 Å². The zero-order valence-electron chi connectivity index (χ0n) is 12.1. The highest BCUT2D eigenvalue weighted by atomic mass is 16.3. The van der Waals surface area contributed by atoms with Gasteiger partial charge in [-0.3, -0.25) is 14.5 Å². The quantitative estimate of drug-likeness (QED) is 0.827. The largest absolute Gasteiger partial charge is 0.395 e. The number of rotatable bonds is 6. The number of aromatic nitrogens is 2. The second kappa shape index (κ2) is 7.03. The maximum Gasteiger partial charge on any atom is 0.0586 e. The van der Waals surface area contributed by atoms with E-state index in [-0.39, 0.29) is 6.61 Å². The number of aliphatic hydroxyl groups excluding tert-OH is 1. The zero-order chi connectivity index (χ0) is 13.7. The minimum Gasteiger partial charge on any atom is -0.395 e. The lowest BCUT2D eigenvalue weighted by Crippen LogP contribution is -2.50. The highest BCUT2D eigenvalue weighted by Crippen LogP contribution is 2.11. The van der Waals surface area contributed by atoms with Crippen LogP contribution in [0.2, 0.25) is 0 Å². The van der Waals surface area contributed by atoms with E-state index in [2.05, 4.69) is 34.9 Å². The summed E-state index contributed by atoms with van der Waals surface area (Å²) in [4.78, 5) is 4.88. The molecule has 0 aliphatic carbocycles. The third-order valence-corrected chi connectivity index (χ3v) is 4.02. The molecule has 1 aromatic heterocycles. The van der Waals surface area contributed by atoms with Gasteiger partial charge in [0.25, 0.3) is 0 Å². The lowest BCUT2D eigenvalue weighted by molar-refractivity contribution is 0.0608. The van der Waals surface area contributed by atoms with Gasteiger partial charge in [0.15, 0.2) is 0 Å². The Balaban J connectivity index is 1.80. The third-order valence-electron chi connectivity index (χ3n) is 4.02. The van der Waals surface area contributed by atoms with E-state index in [4.69, 9.17) is 0 Å². The van der Waals surface area contributed by atoms with Gasteiger partial charge in [-0.1, -0.05) is 6.92 Å². The normalized spacial score (nSPS) is 19.7. The van der Waals surface area contributed by atoms with Crippen molar-refractivity contribution in [3.8, 4) is 0 Å². The van der Waals surface area contributed by atoms with E-state index < -0.39 is 0 Å². The van der Waals surface area contributed by atoms with Crippen molar-refractivity contribution in [1.29, 1.82) is 0 Å². The van der Waals surface area contributed by atoms with Crippen LogP contribution < -0.4 is 0 Å². The smallest absolute Gasteiger partial charge is 0.0586 e. The monoisotopic (exact) mass is 266 g/mol. The predicted molar refractivity (Wildman–Crippen MR) is 75.9 cm³/mol. The van der Waals surface area contributed by atoms with Crippen molar-refractivity contribution in [2.45, 2.75) is 39.4 Å². The van der Waals surface area contributed by atoms with Crippen LogP contribution in [0.4, 0.5) is 0 Å². The summed E-state index contributed by atoms with van der Waals surface area (Å²) in [6.07, 6.45) is 5.13. The molecule has 1 aliphatic rings. The summed E-state index contributed by atoms with van der Waals surface area (Å²) in [6.45, 7) is 10.7. The summed E-state index contributed by atoms with van der Waals surface area (Å²) < 4.78 is 1.98. The highest BCUT2D eigenvalue weighted by molar-refractivity contribution is 5.03. The number of aryl methyl sites for hydroxylation is 1. The minimum atomic E-state index is 0.278. The van der Waals surface area contributed by atoms with E-state index >= 15 is 0 Å². The Bertz CT molecular complexity index is 367. The molecule has 2 heterocycles. The second-order valence-electron chi connectivity index (χ2n) is 5.26. The fourth-order valence-electron chi connectivity index (χ4n) is 2.71. The maximum absolute atomic E-state index is 9.34. The molecule has 1 atom stereocenters. The molecule has 108 valence electrons. The molecule has 0 aromatic carbocycles. The van der Waals surface area contributed by atoms with Crippen LogP contribution in [0, 0.1) is 0 Å². The average Bonchev–Trinajstić information content (AvgIpc) is 2.90. The second-order valence-corrected chi connectivity index (χ2v) is 5.26. The van der Waals surface area contributed by atoms with Crippen molar-refractivity contribution in [3.63, 3.8) is 0 Å². The Hall–Kier alpha value is -0.910. The summed E-state index contributed by atoms with van der Waals surface area (Å²) in [5.74, 6) is 0. The van der Waals surface area contributed by atoms with Gasteiger partial charge in [0.1, 0.15) is 0 Å². The number of hydrogen-bond donors (Lipinski definition) is 1. The first-order valence-electron chi connectivity index (χ1n) is 7.35. The molecule has 19 heavy (non-hydrogen) atoms. The van der Waals surface area contributed by atoms with Crippen LogP contribution in [-0.2, 0) is 13.1 Å². The van der Waals surface area contributed by atoms with E-state index in [1.54, 1.807) is 0 Å². The third kappa shape index (κ3) is 3.78. The number of aliphatic hydroxyl groups is 1. The minimum absolute atomic E-state index is 0.278. The van der Waals surface area contributed by atoms with Crippen LogP contribution in [0.1, 0.15) is 25.8 Å².